The number of hydrogen-bond donors (Lipinski definition) is 1. The summed E-state index contributed by atoms with van der Waals surface area (Å²) in [6.45, 7) is 11.0. The zero-order valence-electron chi connectivity index (χ0n) is 15.9. The first kappa shape index (κ1) is 18.4. The van der Waals surface area contributed by atoms with Crippen molar-refractivity contribution < 1.29 is 23.9 Å². The van der Waals surface area contributed by atoms with Crippen LogP contribution in [0, 0.1) is 0 Å². The van der Waals surface area contributed by atoms with Crippen LogP contribution >= 0.6 is 0 Å². The number of ether oxygens (including phenoxy) is 1. The molecule has 0 aromatic heterocycles. The fraction of sp³-hybridized carbons (Fsp3) is 0.632. The zero-order valence-corrected chi connectivity index (χ0v) is 15.9. The van der Waals surface area contributed by atoms with Crippen LogP contribution in [0.5, 0.6) is 5.75 Å². The van der Waals surface area contributed by atoms with Gasteiger partial charge in [-0.15, -0.1) is 0 Å². The molecule has 1 fully saturated rings. The van der Waals surface area contributed by atoms with Crippen molar-refractivity contribution >= 4 is 18.4 Å². The monoisotopic (exact) mass is 346 g/mol. The van der Waals surface area contributed by atoms with Crippen LogP contribution in [0.3, 0.4) is 0 Å². The molecule has 136 valence electrons. The van der Waals surface area contributed by atoms with Gasteiger partial charge in [0.1, 0.15) is 11.9 Å². The molecule has 0 aliphatic carbocycles. The summed E-state index contributed by atoms with van der Waals surface area (Å²) >= 11 is 0. The van der Waals surface area contributed by atoms with E-state index in [0.717, 1.165) is 17.4 Å². The van der Waals surface area contributed by atoms with Gasteiger partial charge in [0.15, 0.2) is 11.4 Å². The number of fused-ring (bicyclic) bond motifs is 1. The third-order valence-electron chi connectivity index (χ3n) is 5.89. The maximum Gasteiger partial charge on any atom is 0.494 e. The van der Waals surface area contributed by atoms with E-state index >= 15 is 0 Å². The van der Waals surface area contributed by atoms with Crippen LogP contribution < -0.4 is 10.2 Å². The van der Waals surface area contributed by atoms with Crippen LogP contribution in [0.2, 0.25) is 0 Å². The first-order chi connectivity index (χ1) is 11.4. The number of benzene rings is 1. The Morgan fingerprint density at radius 3 is 2.40 bits per heavy atom. The minimum absolute atomic E-state index is 0.283. The van der Waals surface area contributed by atoms with Crippen molar-refractivity contribution in [2.75, 3.05) is 0 Å². The van der Waals surface area contributed by atoms with Crippen LogP contribution in [0.4, 0.5) is 0 Å². The predicted molar refractivity (Wildman–Crippen MR) is 96.2 cm³/mol. The van der Waals surface area contributed by atoms with E-state index in [-0.39, 0.29) is 17.0 Å². The molecule has 2 heterocycles. The van der Waals surface area contributed by atoms with Crippen LogP contribution in [-0.4, -0.2) is 40.9 Å². The molecular weight excluding hydrogens is 319 g/mol. The van der Waals surface area contributed by atoms with Gasteiger partial charge in [0.2, 0.25) is 0 Å². The van der Waals surface area contributed by atoms with Gasteiger partial charge in [0.05, 0.1) is 11.2 Å². The Kier molecular flexibility index (Phi) is 4.30. The molecule has 6 heteroatoms. The summed E-state index contributed by atoms with van der Waals surface area (Å²) in [5, 5.41) is 10.4. The predicted octanol–water partition coefficient (Wildman–Crippen LogP) is 2.02. The number of ketones is 1. The molecule has 0 bridgehead atoms. The molecule has 0 radical (unpaired) electrons. The molecule has 25 heavy (non-hydrogen) atoms. The number of Topliss-reactive ketones (excluding diaryl/α,β-unsaturated/α-hetero) is 1. The molecule has 0 amide bonds. The van der Waals surface area contributed by atoms with E-state index in [1.54, 1.807) is 0 Å². The lowest BCUT2D eigenvalue weighted by Crippen LogP contribution is -2.50. The second-order valence-corrected chi connectivity index (χ2v) is 8.30. The molecule has 1 saturated heterocycles. The van der Waals surface area contributed by atoms with Crippen LogP contribution in [-0.2, 0) is 20.5 Å². The highest BCUT2D eigenvalue weighted by molar-refractivity contribution is 6.62. The highest BCUT2D eigenvalue weighted by atomic mass is 16.7. The normalized spacial score (nSPS) is 26.5. The summed E-state index contributed by atoms with van der Waals surface area (Å²) in [5.41, 5.74) is -0.229. The Hall–Kier alpha value is -1.37. The Labute approximate surface area is 149 Å². The quantitative estimate of drug-likeness (QED) is 0.849. The van der Waals surface area contributed by atoms with Crippen molar-refractivity contribution in [2.24, 2.45) is 0 Å². The van der Waals surface area contributed by atoms with Crippen LogP contribution in [0.1, 0.15) is 53.5 Å². The average molecular weight is 346 g/mol. The van der Waals surface area contributed by atoms with Gasteiger partial charge in [0.25, 0.3) is 0 Å². The van der Waals surface area contributed by atoms with E-state index in [0.29, 0.717) is 12.2 Å². The molecule has 0 unspecified atom stereocenters. The van der Waals surface area contributed by atoms with Crippen molar-refractivity contribution in [2.45, 2.75) is 77.3 Å². The van der Waals surface area contributed by atoms with E-state index in [2.05, 4.69) is 0 Å². The summed E-state index contributed by atoms with van der Waals surface area (Å²) in [6.07, 6.45) is 0.795. The summed E-state index contributed by atoms with van der Waals surface area (Å²) in [7, 11) is -0.409. The van der Waals surface area contributed by atoms with Crippen LogP contribution in [0.15, 0.2) is 18.2 Å². The van der Waals surface area contributed by atoms with Crippen molar-refractivity contribution in [1.82, 2.24) is 0 Å². The zero-order chi connectivity index (χ0) is 18.6. The van der Waals surface area contributed by atoms with E-state index in [1.165, 1.54) is 13.8 Å². The summed E-state index contributed by atoms with van der Waals surface area (Å²) < 4.78 is 18.1. The van der Waals surface area contributed by atoms with Gasteiger partial charge in [-0.25, -0.2) is 0 Å². The van der Waals surface area contributed by atoms with Gasteiger partial charge >= 0.3 is 7.12 Å². The average Bonchev–Trinajstić information content (AvgIpc) is 2.74. The lowest BCUT2D eigenvalue weighted by Gasteiger charge is -2.35. The maximum absolute atomic E-state index is 11.7. The molecule has 0 saturated carbocycles. The fourth-order valence-corrected chi connectivity index (χ4v) is 3.16. The summed E-state index contributed by atoms with van der Waals surface area (Å²) in [5.74, 6) is 0.424. The molecule has 2 atom stereocenters. The number of rotatable bonds is 3. The molecular formula is C19H27BO5. The Morgan fingerprint density at radius 1 is 1.24 bits per heavy atom. The van der Waals surface area contributed by atoms with E-state index in [1.807, 2.05) is 45.9 Å². The number of carbonyl (C=O) groups is 1. The minimum Gasteiger partial charge on any atom is -0.487 e. The van der Waals surface area contributed by atoms with Crippen molar-refractivity contribution in [3.8, 4) is 5.75 Å². The maximum atomic E-state index is 11.7. The second-order valence-electron chi connectivity index (χ2n) is 8.30. The van der Waals surface area contributed by atoms with E-state index < -0.39 is 18.8 Å². The molecule has 5 nitrogen and oxygen atoms in total. The number of aryl methyl sites for hydroxylation is 1. The standard InChI is InChI=1S/C19H27BO5/c1-12(21)19(6,22)16-10-7-13-11-14(8-9-15(13)23-16)20-24-17(2,3)18(4,5)25-20/h8-9,11,16,22H,7,10H2,1-6H3/t16-,19-/m1/s1. The Bertz CT molecular complexity index is 679. The smallest absolute Gasteiger partial charge is 0.487 e. The highest BCUT2D eigenvalue weighted by Crippen LogP contribution is 2.37. The number of aliphatic hydroxyl groups is 1. The summed E-state index contributed by atoms with van der Waals surface area (Å²) in [4.78, 5) is 11.7. The van der Waals surface area contributed by atoms with Crippen molar-refractivity contribution in [1.29, 1.82) is 0 Å². The lowest BCUT2D eigenvalue weighted by molar-refractivity contribution is -0.144. The number of carbonyl (C=O) groups excluding carboxylic acids is 1. The third kappa shape index (κ3) is 3.11. The topological polar surface area (TPSA) is 65.0 Å². The van der Waals surface area contributed by atoms with Gasteiger partial charge in [0, 0.05) is 0 Å². The van der Waals surface area contributed by atoms with Crippen molar-refractivity contribution in [3.05, 3.63) is 23.8 Å². The molecule has 1 aromatic rings. The second kappa shape index (κ2) is 5.83. The fourth-order valence-electron chi connectivity index (χ4n) is 3.16. The van der Waals surface area contributed by atoms with Gasteiger partial charge in [-0.05, 0) is 71.5 Å². The minimum atomic E-state index is -1.47. The highest BCUT2D eigenvalue weighted by Gasteiger charge is 2.52. The molecule has 3 rings (SSSR count). The Balaban J connectivity index is 1.81. The van der Waals surface area contributed by atoms with Crippen LogP contribution in [0.25, 0.3) is 0 Å². The lowest BCUT2D eigenvalue weighted by atomic mass is 9.77. The van der Waals surface area contributed by atoms with Gasteiger partial charge in [-0.2, -0.15) is 0 Å². The van der Waals surface area contributed by atoms with Gasteiger partial charge in [-0.3, -0.25) is 4.79 Å². The van der Waals surface area contributed by atoms with E-state index in [9.17, 15) is 9.90 Å². The van der Waals surface area contributed by atoms with E-state index in [4.69, 9.17) is 14.0 Å². The Morgan fingerprint density at radius 2 is 1.84 bits per heavy atom. The number of hydrogen-bond acceptors (Lipinski definition) is 5. The SMILES string of the molecule is CC(=O)[C@@](C)(O)[C@H]1CCc2cc(B3OC(C)(C)C(C)(C)O3)ccc2O1. The molecule has 1 N–H and O–H groups in total. The first-order valence-electron chi connectivity index (χ1n) is 8.82. The molecule has 1 aromatic carbocycles. The molecule has 2 aliphatic rings. The third-order valence-corrected chi connectivity index (χ3v) is 5.89. The largest absolute Gasteiger partial charge is 0.494 e. The molecule has 0 spiro atoms. The van der Waals surface area contributed by atoms with Gasteiger partial charge < -0.3 is 19.2 Å². The first-order valence-corrected chi connectivity index (χ1v) is 8.82. The summed E-state index contributed by atoms with van der Waals surface area (Å²) in [6, 6.07) is 5.83. The molecule has 2 aliphatic heterocycles. The van der Waals surface area contributed by atoms with Gasteiger partial charge in [-0.1, -0.05) is 12.1 Å². The van der Waals surface area contributed by atoms with Crippen molar-refractivity contribution in [3.63, 3.8) is 0 Å².